The van der Waals surface area contributed by atoms with Crippen LogP contribution < -0.4 is 14.4 Å². The highest BCUT2D eigenvalue weighted by atomic mass is 32.2. The molecule has 2 aromatic carbocycles. The Morgan fingerprint density at radius 1 is 1.04 bits per heavy atom. The van der Waals surface area contributed by atoms with Crippen molar-refractivity contribution in [2.24, 2.45) is 0 Å². The molecule has 0 N–H and O–H groups in total. The van der Waals surface area contributed by atoms with Crippen molar-refractivity contribution in [3.8, 4) is 11.5 Å². The maximum absolute atomic E-state index is 6.47. The summed E-state index contributed by atoms with van der Waals surface area (Å²) < 4.78 is 17.6. The van der Waals surface area contributed by atoms with Crippen molar-refractivity contribution in [3.05, 3.63) is 53.8 Å². The average Bonchev–Trinajstić information content (AvgIpc) is 2.87. The Balaban J connectivity index is 1.88. The van der Waals surface area contributed by atoms with E-state index in [1.165, 1.54) is 0 Å². The number of fused-ring (bicyclic) bond motifs is 2. The Labute approximate surface area is 139 Å². The number of nitrogens with zero attached hydrogens (tertiary/aromatic N) is 1. The number of para-hydroxylation sites is 2. The van der Waals surface area contributed by atoms with Crippen LogP contribution in [0.2, 0.25) is 0 Å². The van der Waals surface area contributed by atoms with Gasteiger partial charge in [-0.3, -0.25) is 0 Å². The van der Waals surface area contributed by atoms with E-state index in [1.807, 2.05) is 43.5 Å². The molecule has 0 saturated carbocycles. The second-order valence-electron chi connectivity index (χ2n) is 5.40. The third-order valence-corrected chi connectivity index (χ3v) is 5.60. The molecule has 0 bridgehead atoms. The molecule has 1 unspecified atom stereocenters. The first-order valence-electron chi connectivity index (χ1n) is 7.33. The largest absolute Gasteiger partial charge is 0.494 e. The van der Waals surface area contributed by atoms with Crippen molar-refractivity contribution in [1.82, 2.24) is 0 Å². The van der Waals surface area contributed by atoms with E-state index in [4.69, 9.17) is 14.2 Å². The van der Waals surface area contributed by atoms with Crippen LogP contribution in [0.5, 0.6) is 11.5 Å². The number of methoxy groups -OCH3 is 2. The summed E-state index contributed by atoms with van der Waals surface area (Å²) in [5, 5.41) is -0.750. The smallest absolute Gasteiger partial charge is 0.295 e. The molecule has 1 atom stereocenters. The molecule has 0 saturated heterocycles. The number of rotatable bonds is 2. The Morgan fingerprint density at radius 3 is 2.61 bits per heavy atom. The summed E-state index contributed by atoms with van der Waals surface area (Å²) in [4.78, 5) is 3.27. The fraction of sp³-hybridized carbons (Fsp3) is 0.222. The molecule has 0 aromatic heterocycles. The van der Waals surface area contributed by atoms with Gasteiger partial charge in [0, 0.05) is 17.5 Å². The van der Waals surface area contributed by atoms with Crippen LogP contribution in [-0.2, 0) is 4.74 Å². The van der Waals surface area contributed by atoms with Gasteiger partial charge in [0.05, 0.1) is 19.9 Å². The fourth-order valence-corrected chi connectivity index (χ4v) is 4.38. The normalized spacial score (nSPS) is 21.3. The lowest BCUT2D eigenvalue weighted by atomic mass is 10.1. The molecule has 0 amide bonds. The molecule has 2 aliphatic heterocycles. The van der Waals surface area contributed by atoms with E-state index in [0.717, 1.165) is 33.4 Å². The molecule has 2 aliphatic rings. The van der Waals surface area contributed by atoms with Crippen LogP contribution >= 0.6 is 11.8 Å². The zero-order valence-corrected chi connectivity index (χ0v) is 14.0. The van der Waals surface area contributed by atoms with E-state index in [-0.39, 0.29) is 0 Å². The quantitative estimate of drug-likeness (QED) is 0.833. The van der Waals surface area contributed by atoms with E-state index in [2.05, 4.69) is 17.0 Å². The number of ether oxygens (including phenoxy) is 3. The number of likely N-dealkylation sites (N-methyl/N-ethyl adjacent to an activating group) is 1. The summed E-state index contributed by atoms with van der Waals surface area (Å²) in [6.45, 7) is 0. The van der Waals surface area contributed by atoms with Crippen LogP contribution in [0, 0.1) is 0 Å². The summed E-state index contributed by atoms with van der Waals surface area (Å²) in [6, 6.07) is 14.1. The van der Waals surface area contributed by atoms with E-state index in [9.17, 15) is 0 Å². The Kier molecular flexibility index (Phi) is 3.20. The number of hydrogen-bond donors (Lipinski definition) is 0. The molecule has 118 valence electrons. The lowest BCUT2D eigenvalue weighted by Gasteiger charge is -2.40. The summed E-state index contributed by atoms with van der Waals surface area (Å²) in [5.74, 6) is 2.23. The zero-order chi connectivity index (χ0) is 16.0. The van der Waals surface area contributed by atoms with Crippen molar-refractivity contribution in [2.75, 3.05) is 26.2 Å². The van der Waals surface area contributed by atoms with Gasteiger partial charge in [-0.1, -0.05) is 24.3 Å². The molecule has 4 nitrogen and oxygen atoms in total. The van der Waals surface area contributed by atoms with Crippen molar-refractivity contribution in [1.29, 1.82) is 0 Å². The maximum Gasteiger partial charge on any atom is 0.295 e. The van der Waals surface area contributed by atoms with Gasteiger partial charge in [-0.25, -0.2) is 0 Å². The van der Waals surface area contributed by atoms with Crippen molar-refractivity contribution >= 4 is 23.5 Å². The van der Waals surface area contributed by atoms with Crippen LogP contribution in [0.25, 0.3) is 6.08 Å². The highest BCUT2D eigenvalue weighted by molar-refractivity contribution is 8.01. The van der Waals surface area contributed by atoms with E-state index in [0.29, 0.717) is 0 Å². The van der Waals surface area contributed by atoms with Crippen molar-refractivity contribution < 1.29 is 14.2 Å². The summed E-state index contributed by atoms with van der Waals surface area (Å²) >= 11 is 1.64. The third-order valence-electron chi connectivity index (χ3n) is 4.20. The van der Waals surface area contributed by atoms with Crippen LogP contribution in [0.4, 0.5) is 5.69 Å². The summed E-state index contributed by atoms with van der Waals surface area (Å²) in [7, 11) is 5.35. The van der Waals surface area contributed by atoms with Crippen molar-refractivity contribution in [3.63, 3.8) is 0 Å². The minimum atomic E-state index is -0.750. The SMILES string of the molecule is COC1=Cc2cccc(OC)c2OC12Sc1ccccc1N2C. The summed E-state index contributed by atoms with van der Waals surface area (Å²) in [6.07, 6.45) is 2.02. The molecule has 2 aromatic rings. The molecule has 0 aliphatic carbocycles. The average molecular weight is 327 g/mol. The zero-order valence-electron chi connectivity index (χ0n) is 13.2. The van der Waals surface area contributed by atoms with Crippen LogP contribution in [0.15, 0.2) is 53.1 Å². The monoisotopic (exact) mass is 327 g/mol. The lowest BCUT2D eigenvalue weighted by Crippen LogP contribution is -2.49. The molecule has 4 rings (SSSR count). The first-order chi connectivity index (χ1) is 11.2. The first kappa shape index (κ1) is 14.3. The van der Waals surface area contributed by atoms with Crippen LogP contribution in [0.1, 0.15) is 5.56 Å². The maximum atomic E-state index is 6.47. The highest BCUT2D eigenvalue weighted by Gasteiger charge is 2.52. The van der Waals surface area contributed by atoms with Gasteiger partial charge in [0.25, 0.3) is 5.06 Å². The standard InChI is InChI=1S/C18H17NO3S/c1-19-13-8-4-5-10-15(13)23-18(19)16(21-3)11-12-7-6-9-14(20-2)17(12)22-18/h4-11H,1-3H3. The van der Waals surface area contributed by atoms with E-state index < -0.39 is 5.06 Å². The number of benzene rings is 2. The molecule has 0 radical (unpaired) electrons. The van der Waals surface area contributed by atoms with E-state index >= 15 is 0 Å². The second kappa shape index (κ2) is 5.13. The van der Waals surface area contributed by atoms with Gasteiger partial charge in [-0.15, -0.1) is 0 Å². The van der Waals surface area contributed by atoms with Gasteiger partial charge in [0.2, 0.25) is 0 Å². The fourth-order valence-electron chi connectivity index (χ4n) is 3.03. The molecule has 5 heteroatoms. The Bertz CT molecular complexity index is 805. The minimum absolute atomic E-state index is 0.721. The topological polar surface area (TPSA) is 30.9 Å². The van der Waals surface area contributed by atoms with Gasteiger partial charge in [0.15, 0.2) is 17.3 Å². The van der Waals surface area contributed by atoms with Gasteiger partial charge in [0.1, 0.15) is 0 Å². The Hall–Kier alpha value is -2.27. The van der Waals surface area contributed by atoms with Crippen LogP contribution in [-0.4, -0.2) is 26.3 Å². The summed E-state index contributed by atoms with van der Waals surface area (Å²) in [5.41, 5.74) is 2.08. The second-order valence-corrected chi connectivity index (χ2v) is 6.60. The molecular formula is C18H17NO3S. The molecule has 1 spiro atoms. The Morgan fingerprint density at radius 2 is 1.87 bits per heavy atom. The molecular weight excluding hydrogens is 310 g/mol. The number of thioether (sulfide) groups is 1. The third kappa shape index (κ3) is 1.93. The van der Waals surface area contributed by atoms with E-state index in [1.54, 1.807) is 26.0 Å². The van der Waals surface area contributed by atoms with Gasteiger partial charge >= 0.3 is 0 Å². The molecule has 0 fully saturated rings. The highest BCUT2D eigenvalue weighted by Crippen LogP contribution is 2.56. The predicted octanol–water partition coefficient (Wildman–Crippen LogP) is 3.97. The van der Waals surface area contributed by atoms with Gasteiger partial charge in [-0.05, 0) is 36.0 Å². The van der Waals surface area contributed by atoms with Gasteiger partial charge in [-0.2, -0.15) is 0 Å². The first-order valence-corrected chi connectivity index (χ1v) is 8.15. The lowest BCUT2D eigenvalue weighted by molar-refractivity contribution is 0.117. The number of hydrogen-bond acceptors (Lipinski definition) is 5. The van der Waals surface area contributed by atoms with Crippen molar-refractivity contribution in [2.45, 2.75) is 9.95 Å². The van der Waals surface area contributed by atoms with Gasteiger partial charge < -0.3 is 19.1 Å². The number of anilines is 1. The molecule has 2 heterocycles. The minimum Gasteiger partial charge on any atom is -0.494 e. The molecule has 23 heavy (non-hydrogen) atoms. The van der Waals surface area contributed by atoms with Crippen LogP contribution in [0.3, 0.4) is 0 Å². The predicted molar refractivity (Wildman–Crippen MR) is 92.0 cm³/mol.